The van der Waals surface area contributed by atoms with Gasteiger partial charge in [0.15, 0.2) is 0 Å². The number of methoxy groups -OCH3 is 1. The Balaban J connectivity index is 1.41. The third-order valence-electron chi connectivity index (χ3n) is 8.30. The zero-order chi connectivity index (χ0) is 35.2. The number of fused-ring (bicyclic) bond motifs is 2. The Morgan fingerprint density at radius 1 is 1.12 bits per heavy atom. The molecule has 1 saturated carbocycles. The number of ether oxygens (including phenoxy) is 2. The Morgan fingerprint density at radius 3 is 2.51 bits per heavy atom. The van der Waals surface area contributed by atoms with Crippen LogP contribution >= 0.6 is 0 Å². The average molecular weight is 687 g/mol. The molecule has 16 heteroatoms. The lowest BCUT2D eigenvalue weighted by Crippen LogP contribution is -2.51. The molecule has 49 heavy (non-hydrogen) atoms. The van der Waals surface area contributed by atoms with Crippen LogP contribution in [0.5, 0.6) is 11.5 Å². The lowest BCUT2D eigenvalue weighted by Gasteiger charge is -2.31. The van der Waals surface area contributed by atoms with Crippen molar-refractivity contribution in [3.8, 4) is 22.8 Å². The van der Waals surface area contributed by atoms with Crippen LogP contribution in [-0.2, 0) is 16.8 Å². The molecule has 0 radical (unpaired) electrons. The van der Waals surface area contributed by atoms with Crippen LogP contribution in [-0.4, -0.2) is 62.7 Å². The number of amides is 2. The van der Waals surface area contributed by atoms with Crippen molar-refractivity contribution in [1.29, 1.82) is 0 Å². The molecule has 1 aliphatic carbocycles. The van der Waals surface area contributed by atoms with E-state index in [1.807, 2.05) is 0 Å². The van der Waals surface area contributed by atoms with Gasteiger partial charge in [-0.25, -0.2) is 4.98 Å². The SMILES string of the molecule is CCOc1c(CC(N)=O)cc([C@@](O)(CNC(=O)c2cc(OC)c3nn(C4CC4)cc3c2)C(F)(F)F)nc1-c1ccc2c(ccn2C(F)F)c1. The summed E-state index contributed by atoms with van der Waals surface area (Å²) >= 11 is 0. The van der Waals surface area contributed by atoms with E-state index < -0.39 is 48.8 Å². The van der Waals surface area contributed by atoms with E-state index in [0.717, 1.165) is 25.1 Å². The predicted molar refractivity (Wildman–Crippen MR) is 167 cm³/mol. The van der Waals surface area contributed by atoms with Crippen molar-refractivity contribution in [1.82, 2.24) is 24.6 Å². The van der Waals surface area contributed by atoms with Crippen molar-refractivity contribution in [3.63, 3.8) is 0 Å². The number of primary amides is 1. The first-order valence-corrected chi connectivity index (χ1v) is 15.2. The maximum Gasteiger partial charge on any atom is 0.424 e. The summed E-state index contributed by atoms with van der Waals surface area (Å²) in [7, 11) is 1.37. The Morgan fingerprint density at radius 2 is 1.88 bits per heavy atom. The van der Waals surface area contributed by atoms with Crippen molar-refractivity contribution in [2.45, 2.75) is 50.6 Å². The number of halogens is 5. The number of carbonyl (C=O) groups excluding carboxylic acids is 2. The fourth-order valence-electron chi connectivity index (χ4n) is 5.68. The van der Waals surface area contributed by atoms with Crippen molar-refractivity contribution in [2.24, 2.45) is 5.73 Å². The van der Waals surface area contributed by atoms with Gasteiger partial charge < -0.3 is 25.6 Å². The van der Waals surface area contributed by atoms with Crippen LogP contribution in [0, 0.1) is 0 Å². The van der Waals surface area contributed by atoms with Gasteiger partial charge in [-0.15, -0.1) is 0 Å². The van der Waals surface area contributed by atoms with E-state index >= 15 is 0 Å². The maximum absolute atomic E-state index is 14.8. The summed E-state index contributed by atoms with van der Waals surface area (Å²) in [6.45, 7) is -2.60. The van der Waals surface area contributed by atoms with Crippen molar-refractivity contribution < 1.29 is 46.1 Å². The lowest BCUT2D eigenvalue weighted by molar-refractivity contribution is -0.265. The minimum atomic E-state index is -5.40. The van der Waals surface area contributed by atoms with Gasteiger partial charge in [0.05, 0.1) is 43.9 Å². The topological polar surface area (TPSA) is 147 Å². The van der Waals surface area contributed by atoms with Gasteiger partial charge in [-0.05, 0) is 56.2 Å². The van der Waals surface area contributed by atoms with Gasteiger partial charge in [0.25, 0.3) is 5.91 Å². The van der Waals surface area contributed by atoms with Crippen molar-refractivity contribution in [3.05, 3.63) is 71.7 Å². The molecule has 1 fully saturated rings. The molecule has 5 aromatic rings. The zero-order valence-corrected chi connectivity index (χ0v) is 26.2. The maximum atomic E-state index is 14.8. The number of aromatic nitrogens is 4. The van der Waals surface area contributed by atoms with Gasteiger partial charge in [-0.3, -0.25) is 18.8 Å². The summed E-state index contributed by atoms with van der Waals surface area (Å²) < 4.78 is 85.1. The molecule has 2 aromatic carbocycles. The second kappa shape index (κ2) is 12.7. The highest BCUT2D eigenvalue weighted by molar-refractivity contribution is 6.00. The average Bonchev–Trinajstić information content (AvgIpc) is 3.66. The van der Waals surface area contributed by atoms with Gasteiger partial charge in [0.2, 0.25) is 11.5 Å². The first-order chi connectivity index (χ1) is 23.2. The number of nitrogens with two attached hydrogens (primary N) is 1. The number of alkyl halides is 5. The highest BCUT2D eigenvalue weighted by Gasteiger charge is 2.57. The van der Waals surface area contributed by atoms with Crippen molar-refractivity contribution in [2.75, 3.05) is 20.3 Å². The van der Waals surface area contributed by atoms with E-state index in [9.17, 15) is 36.6 Å². The number of benzene rings is 2. The summed E-state index contributed by atoms with van der Waals surface area (Å²) in [5.41, 5.74) is 1.11. The third-order valence-corrected chi connectivity index (χ3v) is 8.30. The standard InChI is InChI=1S/C33H31F5N6O5/c1-3-49-29-19(14-26(39)45)13-25(41-28(29)18-4-7-23-17(10-18)8-9-43(23)31(34)35)32(47,33(36,37)38)16-40-30(46)20-11-21-15-44(22-5-6-22)42-27(21)24(12-20)48-2/h4,7-13,15,22,31,47H,3,5-6,14,16H2,1-2H3,(H2,39,45)(H,40,46)/t32-/m0/s1. The predicted octanol–water partition coefficient (Wildman–Crippen LogP) is 5.40. The normalized spacial score (nSPS) is 14.7. The molecular weight excluding hydrogens is 655 g/mol. The van der Waals surface area contributed by atoms with Crippen LogP contribution in [0.3, 0.4) is 0 Å². The lowest BCUT2D eigenvalue weighted by atomic mass is 9.93. The number of nitrogens with one attached hydrogen (secondary N) is 1. The molecule has 0 saturated heterocycles. The first-order valence-electron chi connectivity index (χ1n) is 15.2. The number of aliphatic hydroxyl groups is 1. The number of hydrogen-bond donors (Lipinski definition) is 3. The fraction of sp³-hybridized carbons (Fsp3) is 0.333. The largest absolute Gasteiger partial charge is 0.494 e. The zero-order valence-electron chi connectivity index (χ0n) is 26.2. The van der Waals surface area contributed by atoms with Crippen LogP contribution in [0.2, 0.25) is 0 Å². The van der Waals surface area contributed by atoms with E-state index in [1.165, 1.54) is 43.5 Å². The van der Waals surface area contributed by atoms with E-state index in [-0.39, 0.29) is 52.0 Å². The van der Waals surface area contributed by atoms with Crippen molar-refractivity contribution >= 4 is 33.6 Å². The van der Waals surface area contributed by atoms with Gasteiger partial charge in [-0.2, -0.15) is 27.1 Å². The fourth-order valence-corrected chi connectivity index (χ4v) is 5.68. The van der Waals surface area contributed by atoms with Gasteiger partial charge in [-0.1, -0.05) is 6.07 Å². The molecule has 3 aromatic heterocycles. The quantitative estimate of drug-likeness (QED) is 0.149. The number of rotatable bonds is 12. The molecule has 1 aliphatic rings. The Labute approximate surface area is 275 Å². The van der Waals surface area contributed by atoms with Crippen LogP contribution in [0.1, 0.15) is 54.0 Å². The summed E-state index contributed by atoms with van der Waals surface area (Å²) in [5, 5.41) is 18.9. The molecule has 3 heterocycles. The summed E-state index contributed by atoms with van der Waals surface area (Å²) in [6, 6.07) is 9.38. The molecular formula is C33H31F5N6O5. The molecule has 6 rings (SSSR count). The number of nitrogens with zero attached hydrogens (tertiary/aromatic N) is 4. The monoisotopic (exact) mass is 686 g/mol. The van der Waals surface area contributed by atoms with E-state index in [1.54, 1.807) is 17.8 Å². The molecule has 0 aliphatic heterocycles. The summed E-state index contributed by atoms with van der Waals surface area (Å²) in [6.07, 6.45) is -1.21. The van der Waals surface area contributed by atoms with Crippen LogP contribution < -0.4 is 20.5 Å². The molecule has 0 spiro atoms. The van der Waals surface area contributed by atoms with Gasteiger partial charge in [0.1, 0.15) is 22.7 Å². The first kappa shape index (κ1) is 33.6. The highest BCUT2D eigenvalue weighted by Crippen LogP contribution is 2.43. The number of hydrogen-bond acceptors (Lipinski definition) is 7. The Bertz CT molecular complexity index is 2070. The molecule has 0 bridgehead atoms. The third kappa shape index (κ3) is 6.35. The molecule has 2 amide bonds. The van der Waals surface area contributed by atoms with Gasteiger partial charge in [0, 0.05) is 39.9 Å². The Hall–Kier alpha value is -5.25. The summed E-state index contributed by atoms with van der Waals surface area (Å²) in [4.78, 5) is 29.5. The molecule has 258 valence electrons. The molecule has 11 nitrogen and oxygen atoms in total. The number of pyridine rings is 1. The smallest absolute Gasteiger partial charge is 0.424 e. The molecule has 0 unspecified atom stereocenters. The second-order valence-corrected chi connectivity index (χ2v) is 11.7. The minimum absolute atomic E-state index is 0.0107. The van der Waals surface area contributed by atoms with Crippen LogP contribution in [0.25, 0.3) is 33.1 Å². The highest BCUT2D eigenvalue weighted by atomic mass is 19.4. The van der Waals surface area contributed by atoms with E-state index in [0.29, 0.717) is 20.9 Å². The molecule has 1 atom stereocenters. The van der Waals surface area contributed by atoms with Crippen LogP contribution in [0.15, 0.2) is 54.9 Å². The summed E-state index contributed by atoms with van der Waals surface area (Å²) in [5.74, 6) is -1.70. The Kier molecular flexibility index (Phi) is 8.69. The van der Waals surface area contributed by atoms with E-state index in [2.05, 4.69) is 15.4 Å². The van der Waals surface area contributed by atoms with Crippen LogP contribution in [0.4, 0.5) is 22.0 Å². The molecule has 4 N–H and O–H groups in total. The second-order valence-electron chi connectivity index (χ2n) is 11.7. The number of carbonyl (C=O) groups is 2. The minimum Gasteiger partial charge on any atom is -0.494 e. The van der Waals surface area contributed by atoms with E-state index in [4.69, 9.17) is 15.2 Å². The van der Waals surface area contributed by atoms with Gasteiger partial charge >= 0.3 is 12.7 Å².